The smallest absolute Gasteiger partial charge is 0.261 e. The first-order chi connectivity index (χ1) is 14.2. The van der Waals surface area contributed by atoms with Gasteiger partial charge in [-0.25, -0.2) is 13.4 Å². The van der Waals surface area contributed by atoms with Gasteiger partial charge in [0.25, 0.3) is 5.91 Å². The Balaban J connectivity index is 1.87. The van der Waals surface area contributed by atoms with E-state index >= 15 is 0 Å². The molecule has 0 radical (unpaired) electrons. The van der Waals surface area contributed by atoms with Gasteiger partial charge in [-0.3, -0.25) is 9.52 Å². The van der Waals surface area contributed by atoms with Crippen molar-refractivity contribution in [1.29, 1.82) is 0 Å². The van der Waals surface area contributed by atoms with Crippen LogP contribution in [-0.4, -0.2) is 44.8 Å². The first-order valence-corrected chi connectivity index (χ1v) is 11.6. The zero-order chi connectivity index (χ0) is 21.9. The lowest BCUT2D eigenvalue weighted by molar-refractivity contribution is 0.0954. The Morgan fingerprint density at radius 1 is 1.20 bits per heavy atom. The van der Waals surface area contributed by atoms with Crippen LogP contribution in [0.1, 0.15) is 26.6 Å². The van der Waals surface area contributed by atoms with E-state index in [0.29, 0.717) is 38.0 Å². The maximum Gasteiger partial charge on any atom is 0.261 e. The van der Waals surface area contributed by atoms with E-state index in [2.05, 4.69) is 20.0 Å². The second-order valence-corrected chi connectivity index (χ2v) is 9.28. The molecular weight excluding hydrogens is 428 g/mol. The van der Waals surface area contributed by atoms with Crippen LogP contribution in [0.5, 0.6) is 5.88 Å². The number of sulfonamides is 1. The summed E-state index contributed by atoms with van der Waals surface area (Å²) < 4.78 is 36.1. The van der Waals surface area contributed by atoms with E-state index in [-0.39, 0.29) is 19.1 Å². The summed E-state index contributed by atoms with van der Waals surface area (Å²) in [6.07, 6.45) is 1.08. The Hall–Kier alpha value is -2.76. The lowest BCUT2D eigenvalue weighted by atomic mass is 10.1. The van der Waals surface area contributed by atoms with Gasteiger partial charge in [-0.2, -0.15) is 4.98 Å². The molecule has 0 unspecified atom stereocenters. The number of thiophene rings is 1. The first-order valence-electron chi connectivity index (χ1n) is 8.90. The molecule has 0 aliphatic heterocycles. The lowest BCUT2D eigenvalue weighted by Crippen LogP contribution is -2.23. The quantitative estimate of drug-likeness (QED) is 0.541. The van der Waals surface area contributed by atoms with Crippen molar-refractivity contribution in [2.45, 2.75) is 20.1 Å². The maximum atomic E-state index is 12.9. The fourth-order valence-corrected chi connectivity index (χ4v) is 4.64. The molecule has 160 valence electrons. The van der Waals surface area contributed by atoms with Gasteiger partial charge in [-0.1, -0.05) is 18.2 Å². The molecule has 0 saturated heterocycles. The Morgan fingerprint density at radius 3 is 2.60 bits per heavy atom. The van der Waals surface area contributed by atoms with Crippen molar-refractivity contribution in [3.8, 4) is 5.88 Å². The molecule has 1 aromatic carbocycles. The molecule has 0 atom stereocenters. The average molecular weight is 451 g/mol. The minimum atomic E-state index is -3.43. The average Bonchev–Trinajstić information content (AvgIpc) is 3.02. The first kappa shape index (κ1) is 21.9. The number of benzene rings is 1. The fourth-order valence-electron chi connectivity index (χ4n) is 2.93. The van der Waals surface area contributed by atoms with Crippen molar-refractivity contribution < 1.29 is 22.7 Å². The summed E-state index contributed by atoms with van der Waals surface area (Å²) in [4.78, 5) is 22.8. The number of nitrogens with zero attached hydrogens (tertiary/aromatic N) is 2. The number of rotatable bonds is 8. The number of ether oxygens (including phenoxy) is 2. The molecule has 3 aromatic rings. The monoisotopic (exact) mass is 450 g/mol. The van der Waals surface area contributed by atoms with Crippen LogP contribution in [0.2, 0.25) is 0 Å². The van der Waals surface area contributed by atoms with Gasteiger partial charge in [-0.05, 0) is 24.1 Å². The van der Waals surface area contributed by atoms with E-state index in [1.807, 2.05) is 6.92 Å². The van der Waals surface area contributed by atoms with Crippen molar-refractivity contribution >= 4 is 43.2 Å². The van der Waals surface area contributed by atoms with Gasteiger partial charge in [0, 0.05) is 13.7 Å². The number of nitrogens with one attached hydrogen (secondary N) is 2. The highest BCUT2D eigenvalue weighted by Gasteiger charge is 2.21. The number of carbonyl (C=O) groups excluding carboxylic acids is 1. The molecule has 0 fully saturated rings. The Morgan fingerprint density at radius 2 is 1.93 bits per heavy atom. The molecule has 30 heavy (non-hydrogen) atoms. The van der Waals surface area contributed by atoms with Gasteiger partial charge in [-0.15, -0.1) is 11.3 Å². The van der Waals surface area contributed by atoms with E-state index in [0.717, 1.165) is 11.8 Å². The number of hydrogen-bond acceptors (Lipinski definition) is 8. The second kappa shape index (κ2) is 8.94. The molecule has 2 N–H and O–H groups in total. The standard InChI is InChI=1S/C19H22N4O5S2/c1-11-15-18(28-3)21-14(10-27-2)22-19(15)29-16(11)17(24)20-9-12-7-5-6-8-13(12)23-30(4,25)26/h5-8,23H,9-10H2,1-4H3,(H,20,24). The molecule has 0 saturated carbocycles. The van der Waals surface area contributed by atoms with E-state index in [4.69, 9.17) is 9.47 Å². The van der Waals surface area contributed by atoms with Crippen LogP contribution in [0, 0.1) is 6.92 Å². The summed E-state index contributed by atoms with van der Waals surface area (Å²) in [5.74, 6) is 0.568. The summed E-state index contributed by atoms with van der Waals surface area (Å²) >= 11 is 1.24. The topological polar surface area (TPSA) is 120 Å². The van der Waals surface area contributed by atoms with E-state index < -0.39 is 10.0 Å². The number of methoxy groups -OCH3 is 2. The van der Waals surface area contributed by atoms with Crippen LogP contribution in [0.15, 0.2) is 24.3 Å². The third kappa shape index (κ3) is 4.86. The lowest BCUT2D eigenvalue weighted by Gasteiger charge is -2.11. The molecule has 3 rings (SSSR count). The zero-order valence-corrected chi connectivity index (χ0v) is 18.6. The highest BCUT2D eigenvalue weighted by atomic mass is 32.2. The van der Waals surface area contributed by atoms with Crippen molar-refractivity contribution in [2.75, 3.05) is 25.2 Å². The van der Waals surface area contributed by atoms with Crippen LogP contribution >= 0.6 is 11.3 Å². The van der Waals surface area contributed by atoms with Crippen LogP contribution < -0.4 is 14.8 Å². The minimum absolute atomic E-state index is 0.156. The number of fused-ring (bicyclic) bond motifs is 1. The van der Waals surface area contributed by atoms with Crippen LogP contribution in [0.25, 0.3) is 10.2 Å². The van der Waals surface area contributed by atoms with Gasteiger partial charge >= 0.3 is 0 Å². The summed E-state index contributed by atoms with van der Waals surface area (Å²) in [5, 5.41) is 3.53. The maximum absolute atomic E-state index is 12.9. The van der Waals surface area contributed by atoms with Crippen molar-refractivity contribution in [3.05, 3.63) is 46.1 Å². The molecule has 0 aliphatic rings. The summed E-state index contributed by atoms with van der Waals surface area (Å²) in [6, 6.07) is 6.89. The Kier molecular flexibility index (Phi) is 6.54. The molecule has 1 amide bonds. The number of anilines is 1. The van der Waals surface area contributed by atoms with E-state index in [9.17, 15) is 13.2 Å². The molecule has 11 heteroatoms. The Bertz CT molecular complexity index is 1190. The normalized spacial score (nSPS) is 11.5. The molecule has 0 aliphatic carbocycles. The summed E-state index contributed by atoms with van der Waals surface area (Å²) in [7, 11) is -0.366. The number of aryl methyl sites for hydroxylation is 1. The third-order valence-electron chi connectivity index (χ3n) is 4.23. The number of carbonyl (C=O) groups is 1. The van der Waals surface area contributed by atoms with Gasteiger partial charge in [0.05, 0.1) is 29.3 Å². The molecule has 2 aromatic heterocycles. The third-order valence-corrected chi connectivity index (χ3v) is 6.00. The van der Waals surface area contributed by atoms with Gasteiger partial charge < -0.3 is 14.8 Å². The number of hydrogen-bond donors (Lipinski definition) is 2. The SMILES string of the molecule is COCc1nc(OC)c2c(C)c(C(=O)NCc3ccccc3NS(C)(=O)=O)sc2n1. The van der Waals surface area contributed by atoms with Gasteiger partial charge in [0.15, 0.2) is 5.82 Å². The van der Waals surface area contributed by atoms with Crippen LogP contribution in [-0.2, 0) is 27.9 Å². The summed E-state index contributed by atoms with van der Waals surface area (Å²) in [5.41, 5.74) is 1.79. The zero-order valence-electron chi connectivity index (χ0n) is 17.0. The Labute approximate surface area is 178 Å². The van der Waals surface area contributed by atoms with E-state index in [1.165, 1.54) is 18.4 Å². The summed E-state index contributed by atoms with van der Waals surface area (Å²) in [6.45, 7) is 2.20. The highest BCUT2D eigenvalue weighted by Crippen LogP contribution is 2.35. The van der Waals surface area contributed by atoms with Crippen molar-refractivity contribution in [3.63, 3.8) is 0 Å². The van der Waals surface area contributed by atoms with Crippen LogP contribution in [0.4, 0.5) is 5.69 Å². The van der Waals surface area contributed by atoms with Crippen LogP contribution in [0.3, 0.4) is 0 Å². The fraction of sp³-hybridized carbons (Fsp3) is 0.316. The predicted octanol–water partition coefficient (Wildman–Crippen LogP) is 2.46. The molecular formula is C19H22N4O5S2. The predicted molar refractivity (Wildman–Crippen MR) is 115 cm³/mol. The second-order valence-electron chi connectivity index (χ2n) is 6.53. The number of aromatic nitrogens is 2. The van der Waals surface area contributed by atoms with Crippen molar-refractivity contribution in [1.82, 2.24) is 15.3 Å². The minimum Gasteiger partial charge on any atom is -0.480 e. The van der Waals surface area contributed by atoms with Gasteiger partial charge in [0.2, 0.25) is 15.9 Å². The molecule has 0 spiro atoms. The molecule has 0 bridgehead atoms. The van der Waals surface area contributed by atoms with E-state index in [1.54, 1.807) is 31.4 Å². The van der Waals surface area contributed by atoms with Crippen molar-refractivity contribution in [2.24, 2.45) is 0 Å². The molecule has 9 nitrogen and oxygen atoms in total. The number of amides is 1. The number of para-hydroxylation sites is 1. The van der Waals surface area contributed by atoms with Gasteiger partial charge in [0.1, 0.15) is 11.4 Å². The largest absolute Gasteiger partial charge is 0.480 e. The molecule has 2 heterocycles. The highest BCUT2D eigenvalue weighted by molar-refractivity contribution is 7.92.